The van der Waals surface area contributed by atoms with Crippen LogP contribution in [0.4, 0.5) is 5.69 Å². The Bertz CT molecular complexity index is 643. The van der Waals surface area contributed by atoms with Crippen molar-refractivity contribution in [3.05, 3.63) is 30.6 Å². The van der Waals surface area contributed by atoms with Crippen LogP contribution in [-0.2, 0) is 11.8 Å². The Balaban J connectivity index is 0.00000264. The second kappa shape index (κ2) is 8.08. The number of rotatable bonds is 6. The normalized spacial score (nSPS) is 11.0. The highest BCUT2D eigenvalue weighted by Crippen LogP contribution is 2.28. The lowest BCUT2D eigenvalue weighted by molar-refractivity contribution is -0.125. The fourth-order valence-electron chi connectivity index (χ4n) is 2.50. The van der Waals surface area contributed by atoms with E-state index < -0.39 is 5.41 Å². The van der Waals surface area contributed by atoms with Crippen molar-refractivity contribution >= 4 is 24.0 Å². The van der Waals surface area contributed by atoms with Crippen LogP contribution >= 0.6 is 12.4 Å². The minimum atomic E-state index is -0.513. The molecule has 0 fully saturated rings. The first-order valence-corrected chi connectivity index (χ1v) is 7.52. The molecule has 0 saturated carbocycles. The van der Waals surface area contributed by atoms with Gasteiger partial charge in [-0.15, -0.1) is 22.6 Å². The maximum atomic E-state index is 12.6. The highest BCUT2D eigenvalue weighted by atomic mass is 35.5. The molecule has 7 heteroatoms. The van der Waals surface area contributed by atoms with E-state index in [4.69, 9.17) is 5.73 Å². The van der Waals surface area contributed by atoms with Crippen LogP contribution in [0.15, 0.2) is 30.6 Å². The molecule has 0 aliphatic carbocycles. The Morgan fingerprint density at radius 3 is 2.57 bits per heavy atom. The predicted molar refractivity (Wildman–Crippen MR) is 94.4 cm³/mol. The van der Waals surface area contributed by atoms with E-state index in [1.165, 1.54) is 0 Å². The number of nitrogens with zero attached hydrogens (tertiary/aromatic N) is 3. The van der Waals surface area contributed by atoms with E-state index in [1.807, 2.05) is 49.7 Å². The average molecular weight is 338 g/mol. The number of hydrogen-bond acceptors (Lipinski definition) is 4. The van der Waals surface area contributed by atoms with E-state index in [1.54, 1.807) is 6.33 Å². The van der Waals surface area contributed by atoms with Gasteiger partial charge in [0.1, 0.15) is 6.33 Å². The van der Waals surface area contributed by atoms with Gasteiger partial charge in [0.2, 0.25) is 5.91 Å². The molecule has 1 heterocycles. The summed E-state index contributed by atoms with van der Waals surface area (Å²) in [4.78, 5) is 12.6. The molecule has 1 amide bonds. The number of amides is 1. The van der Waals surface area contributed by atoms with Crippen LogP contribution in [-0.4, -0.2) is 27.2 Å². The number of anilines is 1. The summed E-state index contributed by atoms with van der Waals surface area (Å²) in [5.41, 5.74) is 6.96. The van der Waals surface area contributed by atoms with Gasteiger partial charge >= 0.3 is 0 Å². The molecule has 2 aromatic rings. The molecule has 2 rings (SSSR count). The van der Waals surface area contributed by atoms with Crippen molar-refractivity contribution < 1.29 is 4.79 Å². The number of aromatic nitrogens is 3. The molecule has 1 aromatic carbocycles. The summed E-state index contributed by atoms with van der Waals surface area (Å²) >= 11 is 0. The van der Waals surface area contributed by atoms with Crippen LogP contribution in [0.1, 0.15) is 26.7 Å². The third kappa shape index (κ3) is 3.89. The number of hydrogen-bond donors (Lipinski definition) is 2. The van der Waals surface area contributed by atoms with Crippen LogP contribution in [0.5, 0.6) is 0 Å². The van der Waals surface area contributed by atoms with Gasteiger partial charge in [0.05, 0.1) is 5.41 Å². The number of carbonyl (C=O) groups is 1. The zero-order chi connectivity index (χ0) is 16.2. The van der Waals surface area contributed by atoms with E-state index in [-0.39, 0.29) is 18.3 Å². The summed E-state index contributed by atoms with van der Waals surface area (Å²) in [5, 5.41) is 10.9. The molecule has 126 valence electrons. The summed E-state index contributed by atoms with van der Waals surface area (Å²) in [7, 11) is 1.88. The second-order valence-electron chi connectivity index (χ2n) is 5.49. The van der Waals surface area contributed by atoms with E-state index in [0.29, 0.717) is 6.54 Å². The smallest absolute Gasteiger partial charge is 0.231 e. The molecule has 0 unspecified atom stereocenters. The number of nitrogens with two attached hydrogens (primary N) is 1. The molecule has 0 radical (unpaired) electrons. The van der Waals surface area contributed by atoms with E-state index >= 15 is 0 Å². The van der Waals surface area contributed by atoms with Crippen molar-refractivity contribution in [1.29, 1.82) is 0 Å². The predicted octanol–water partition coefficient (Wildman–Crippen LogP) is 2.61. The van der Waals surface area contributed by atoms with Crippen LogP contribution in [0.3, 0.4) is 0 Å². The van der Waals surface area contributed by atoms with E-state index in [0.717, 1.165) is 29.9 Å². The van der Waals surface area contributed by atoms with Crippen molar-refractivity contribution in [3.8, 4) is 11.4 Å². The van der Waals surface area contributed by atoms with Gasteiger partial charge in [-0.05, 0) is 25.0 Å². The Hall–Kier alpha value is -1.92. The third-order valence-electron chi connectivity index (χ3n) is 4.32. The molecule has 3 N–H and O–H groups in total. The number of aryl methyl sites for hydroxylation is 1. The van der Waals surface area contributed by atoms with Gasteiger partial charge in [-0.1, -0.05) is 26.0 Å². The first kappa shape index (κ1) is 19.1. The van der Waals surface area contributed by atoms with Gasteiger partial charge in [-0.25, -0.2) is 0 Å². The summed E-state index contributed by atoms with van der Waals surface area (Å²) < 4.78 is 1.84. The Morgan fingerprint density at radius 2 is 2.04 bits per heavy atom. The lowest BCUT2D eigenvalue weighted by Crippen LogP contribution is -2.41. The molecule has 0 spiro atoms. The Kier molecular flexibility index (Phi) is 6.72. The highest BCUT2D eigenvalue weighted by Gasteiger charge is 2.33. The standard InChI is InChI=1S/C16H23N5O.ClH/c1-4-16(5-2,10-17)15(22)19-13-8-6-7-12(9-13)14-20-18-11-21(14)3;/h6-9,11H,4-5,10,17H2,1-3H3,(H,19,22);1H. The molecule has 0 aliphatic heterocycles. The van der Waals surface area contributed by atoms with Crippen molar-refractivity contribution in [3.63, 3.8) is 0 Å². The third-order valence-corrected chi connectivity index (χ3v) is 4.32. The monoisotopic (exact) mass is 337 g/mol. The maximum absolute atomic E-state index is 12.6. The largest absolute Gasteiger partial charge is 0.329 e. The van der Waals surface area contributed by atoms with E-state index in [2.05, 4.69) is 15.5 Å². The molecule has 0 atom stereocenters. The molecule has 23 heavy (non-hydrogen) atoms. The molecular formula is C16H24ClN5O. The number of carbonyl (C=O) groups excluding carboxylic acids is 1. The van der Waals surface area contributed by atoms with Crippen LogP contribution in [0, 0.1) is 5.41 Å². The average Bonchev–Trinajstić information content (AvgIpc) is 2.96. The van der Waals surface area contributed by atoms with Gasteiger partial charge in [-0.3, -0.25) is 4.79 Å². The summed E-state index contributed by atoms with van der Waals surface area (Å²) in [6, 6.07) is 7.59. The van der Waals surface area contributed by atoms with Gasteiger partial charge in [0.15, 0.2) is 5.82 Å². The van der Waals surface area contributed by atoms with Crippen molar-refractivity contribution in [2.24, 2.45) is 18.2 Å². The molecule has 6 nitrogen and oxygen atoms in total. The fourth-order valence-corrected chi connectivity index (χ4v) is 2.50. The first-order chi connectivity index (χ1) is 10.6. The molecular weight excluding hydrogens is 314 g/mol. The fraction of sp³-hybridized carbons (Fsp3) is 0.438. The zero-order valence-corrected chi connectivity index (χ0v) is 14.6. The first-order valence-electron chi connectivity index (χ1n) is 7.52. The van der Waals surface area contributed by atoms with Gasteiger partial charge in [0, 0.05) is 24.8 Å². The van der Waals surface area contributed by atoms with Gasteiger partial charge in [-0.2, -0.15) is 0 Å². The summed E-state index contributed by atoms with van der Waals surface area (Å²) in [5.74, 6) is 0.724. The van der Waals surface area contributed by atoms with Crippen LogP contribution in [0.25, 0.3) is 11.4 Å². The number of halogens is 1. The summed E-state index contributed by atoms with van der Waals surface area (Å²) in [6.45, 7) is 4.33. The van der Waals surface area contributed by atoms with Crippen molar-refractivity contribution in [2.45, 2.75) is 26.7 Å². The van der Waals surface area contributed by atoms with Crippen molar-refractivity contribution in [2.75, 3.05) is 11.9 Å². The van der Waals surface area contributed by atoms with Gasteiger partial charge in [0.25, 0.3) is 0 Å². The molecule has 0 bridgehead atoms. The highest BCUT2D eigenvalue weighted by molar-refractivity contribution is 5.95. The van der Waals surface area contributed by atoms with E-state index in [9.17, 15) is 4.79 Å². The summed E-state index contributed by atoms with van der Waals surface area (Å²) in [6.07, 6.45) is 3.08. The number of nitrogens with one attached hydrogen (secondary N) is 1. The minimum Gasteiger partial charge on any atom is -0.329 e. The molecule has 0 aliphatic rings. The Morgan fingerprint density at radius 1 is 1.35 bits per heavy atom. The SMILES string of the molecule is CCC(CC)(CN)C(=O)Nc1cccc(-c2nncn2C)c1.Cl. The number of benzene rings is 1. The molecule has 1 aromatic heterocycles. The lowest BCUT2D eigenvalue weighted by atomic mass is 9.81. The van der Waals surface area contributed by atoms with Crippen molar-refractivity contribution in [1.82, 2.24) is 14.8 Å². The maximum Gasteiger partial charge on any atom is 0.231 e. The van der Waals surface area contributed by atoms with Crippen LogP contribution in [0.2, 0.25) is 0 Å². The second-order valence-corrected chi connectivity index (χ2v) is 5.49. The molecule has 0 saturated heterocycles. The Labute approximate surface area is 142 Å². The van der Waals surface area contributed by atoms with Crippen LogP contribution < -0.4 is 11.1 Å². The minimum absolute atomic E-state index is 0. The topological polar surface area (TPSA) is 85.8 Å². The zero-order valence-electron chi connectivity index (χ0n) is 13.7. The van der Waals surface area contributed by atoms with Gasteiger partial charge < -0.3 is 15.6 Å². The quantitative estimate of drug-likeness (QED) is 0.848. The lowest BCUT2D eigenvalue weighted by Gasteiger charge is -2.28.